The SMILES string of the molecule is O=[N+]([O-])c1ccc(S(=O)(=O)NCC2CCCN2)cc1. The average Bonchev–Trinajstić information content (AvgIpc) is 2.90. The van der Waals surface area contributed by atoms with Gasteiger partial charge in [-0.25, -0.2) is 13.1 Å². The van der Waals surface area contributed by atoms with Crippen LogP contribution in [0.2, 0.25) is 0 Å². The predicted octanol–water partition coefficient (Wildman–Crippen LogP) is 0.625. The number of rotatable bonds is 5. The maximum Gasteiger partial charge on any atom is 0.269 e. The van der Waals surface area contributed by atoms with Crippen LogP contribution in [0.1, 0.15) is 12.8 Å². The molecular formula is C11H15N3O4S. The standard InChI is InChI=1S/C11H15N3O4S/c15-14(16)10-3-5-11(6-4-10)19(17,18)13-8-9-2-1-7-12-9/h3-6,9,12-13H,1-2,7-8H2. The summed E-state index contributed by atoms with van der Waals surface area (Å²) in [6.07, 6.45) is 1.99. The van der Waals surface area contributed by atoms with Gasteiger partial charge >= 0.3 is 0 Å². The number of sulfonamides is 1. The maximum atomic E-state index is 12.0. The van der Waals surface area contributed by atoms with E-state index in [4.69, 9.17) is 0 Å². The first-order valence-electron chi connectivity index (χ1n) is 5.96. The third-order valence-corrected chi connectivity index (χ3v) is 4.48. The minimum absolute atomic E-state index is 0.0381. The third-order valence-electron chi connectivity index (χ3n) is 3.04. The molecule has 8 heteroatoms. The predicted molar refractivity (Wildman–Crippen MR) is 69.3 cm³/mol. The molecule has 0 aromatic heterocycles. The summed E-state index contributed by atoms with van der Waals surface area (Å²) in [6.45, 7) is 1.24. The van der Waals surface area contributed by atoms with Crippen LogP contribution >= 0.6 is 0 Å². The van der Waals surface area contributed by atoms with Crippen molar-refractivity contribution in [3.05, 3.63) is 34.4 Å². The Bertz CT molecular complexity index is 550. The van der Waals surface area contributed by atoms with Crippen LogP contribution in [0.15, 0.2) is 29.2 Å². The highest BCUT2D eigenvalue weighted by atomic mass is 32.2. The first kappa shape index (κ1) is 13.9. The second kappa shape index (κ2) is 5.64. The van der Waals surface area contributed by atoms with E-state index in [-0.39, 0.29) is 16.6 Å². The number of benzene rings is 1. The monoisotopic (exact) mass is 285 g/mol. The number of nitrogens with one attached hydrogen (secondary N) is 2. The smallest absolute Gasteiger partial charge is 0.269 e. The summed E-state index contributed by atoms with van der Waals surface area (Å²) in [5.74, 6) is 0. The Kier molecular flexibility index (Phi) is 4.13. The Morgan fingerprint density at radius 2 is 2.05 bits per heavy atom. The van der Waals surface area contributed by atoms with E-state index in [2.05, 4.69) is 10.0 Å². The molecule has 0 amide bonds. The Balaban J connectivity index is 2.03. The molecule has 1 aromatic carbocycles. The van der Waals surface area contributed by atoms with E-state index in [1.54, 1.807) is 0 Å². The molecule has 1 unspecified atom stereocenters. The summed E-state index contributed by atoms with van der Waals surface area (Å²) in [6, 6.07) is 5.00. The molecule has 104 valence electrons. The Morgan fingerprint density at radius 3 is 2.58 bits per heavy atom. The van der Waals surface area contributed by atoms with Crippen LogP contribution < -0.4 is 10.0 Å². The molecule has 0 saturated carbocycles. The van der Waals surface area contributed by atoms with E-state index in [9.17, 15) is 18.5 Å². The Hall–Kier alpha value is -1.51. The largest absolute Gasteiger partial charge is 0.313 e. The molecule has 2 N–H and O–H groups in total. The summed E-state index contributed by atoms with van der Waals surface area (Å²) in [5, 5.41) is 13.7. The van der Waals surface area contributed by atoms with Crippen molar-refractivity contribution in [2.75, 3.05) is 13.1 Å². The summed E-state index contributed by atoms with van der Waals surface area (Å²) < 4.78 is 26.4. The highest BCUT2D eigenvalue weighted by molar-refractivity contribution is 7.89. The van der Waals surface area contributed by atoms with E-state index in [0.717, 1.165) is 19.4 Å². The molecule has 7 nitrogen and oxygen atoms in total. The first-order chi connectivity index (χ1) is 8.99. The zero-order chi connectivity index (χ0) is 13.9. The van der Waals surface area contributed by atoms with Crippen LogP contribution in [0.3, 0.4) is 0 Å². The van der Waals surface area contributed by atoms with E-state index in [0.29, 0.717) is 6.54 Å². The molecule has 1 atom stereocenters. The fourth-order valence-corrected chi connectivity index (χ4v) is 3.05. The van der Waals surface area contributed by atoms with Gasteiger partial charge in [0, 0.05) is 24.7 Å². The average molecular weight is 285 g/mol. The number of nitrogens with zero attached hydrogens (tertiary/aromatic N) is 1. The molecule has 1 aliphatic rings. The number of nitro groups is 1. The minimum Gasteiger partial charge on any atom is -0.313 e. The first-order valence-corrected chi connectivity index (χ1v) is 7.45. The summed E-state index contributed by atoms with van der Waals surface area (Å²) in [7, 11) is -3.60. The van der Waals surface area contributed by atoms with Crippen LogP contribution in [-0.2, 0) is 10.0 Å². The highest BCUT2D eigenvalue weighted by Crippen LogP contribution is 2.15. The molecular weight excluding hydrogens is 270 g/mol. The van der Waals surface area contributed by atoms with Gasteiger partial charge in [0.1, 0.15) is 0 Å². The normalized spacial score (nSPS) is 19.5. The van der Waals surface area contributed by atoms with Crippen molar-refractivity contribution in [3.63, 3.8) is 0 Å². The molecule has 0 bridgehead atoms. The van der Waals surface area contributed by atoms with E-state index in [1.807, 2.05) is 0 Å². The van der Waals surface area contributed by atoms with Crippen LogP contribution in [0.5, 0.6) is 0 Å². The van der Waals surface area contributed by atoms with Gasteiger partial charge in [-0.2, -0.15) is 0 Å². The van der Waals surface area contributed by atoms with Gasteiger partial charge in [-0.1, -0.05) is 0 Å². The van der Waals surface area contributed by atoms with Gasteiger partial charge in [0.2, 0.25) is 10.0 Å². The summed E-state index contributed by atoms with van der Waals surface area (Å²) >= 11 is 0. The molecule has 0 spiro atoms. The van der Waals surface area contributed by atoms with Crippen LogP contribution in [0, 0.1) is 10.1 Å². The molecule has 2 rings (SSSR count). The quantitative estimate of drug-likeness (QED) is 0.610. The molecule has 1 aromatic rings. The van der Waals surface area contributed by atoms with Gasteiger partial charge in [-0.3, -0.25) is 10.1 Å². The second-order valence-electron chi connectivity index (χ2n) is 4.40. The van der Waals surface area contributed by atoms with Crippen LogP contribution in [0.25, 0.3) is 0 Å². The molecule has 1 heterocycles. The third kappa shape index (κ3) is 3.49. The lowest BCUT2D eigenvalue weighted by Crippen LogP contribution is -2.37. The molecule has 19 heavy (non-hydrogen) atoms. The summed E-state index contributed by atoms with van der Waals surface area (Å²) in [5.41, 5.74) is -0.128. The fourth-order valence-electron chi connectivity index (χ4n) is 1.97. The minimum atomic E-state index is -3.60. The topological polar surface area (TPSA) is 101 Å². The van der Waals surface area contributed by atoms with Crippen molar-refractivity contribution in [2.24, 2.45) is 0 Å². The second-order valence-corrected chi connectivity index (χ2v) is 6.16. The lowest BCUT2D eigenvalue weighted by atomic mass is 10.2. The van der Waals surface area contributed by atoms with Crippen molar-refractivity contribution in [1.29, 1.82) is 0 Å². The molecule has 1 fully saturated rings. The van der Waals surface area contributed by atoms with Gasteiger partial charge in [-0.15, -0.1) is 0 Å². The van der Waals surface area contributed by atoms with Crippen molar-refractivity contribution in [2.45, 2.75) is 23.8 Å². The van der Waals surface area contributed by atoms with E-state index in [1.165, 1.54) is 24.3 Å². The van der Waals surface area contributed by atoms with Crippen LogP contribution in [-0.4, -0.2) is 32.5 Å². The van der Waals surface area contributed by atoms with Gasteiger partial charge in [0.25, 0.3) is 5.69 Å². The molecule has 0 radical (unpaired) electrons. The zero-order valence-corrected chi connectivity index (χ0v) is 11.0. The van der Waals surface area contributed by atoms with Crippen molar-refractivity contribution < 1.29 is 13.3 Å². The zero-order valence-electron chi connectivity index (χ0n) is 10.2. The fraction of sp³-hybridized carbons (Fsp3) is 0.455. The van der Waals surface area contributed by atoms with Gasteiger partial charge in [0.15, 0.2) is 0 Å². The molecule has 0 aliphatic carbocycles. The lowest BCUT2D eigenvalue weighted by molar-refractivity contribution is -0.384. The van der Waals surface area contributed by atoms with Crippen molar-refractivity contribution in [1.82, 2.24) is 10.0 Å². The van der Waals surface area contributed by atoms with E-state index < -0.39 is 14.9 Å². The van der Waals surface area contributed by atoms with Crippen molar-refractivity contribution in [3.8, 4) is 0 Å². The van der Waals surface area contributed by atoms with Gasteiger partial charge in [0.05, 0.1) is 9.82 Å². The van der Waals surface area contributed by atoms with E-state index >= 15 is 0 Å². The maximum absolute atomic E-state index is 12.0. The molecule has 1 aliphatic heterocycles. The lowest BCUT2D eigenvalue weighted by Gasteiger charge is -2.11. The highest BCUT2D eigenvalue weighted by Gasteiger charge is 2.19. The van der Waals surface area contributed by atoms with Crippen LogP contribution in [0.4, 0.5) is 5.69 Å². The van der Waals surface area contributed by atoms with Gasteiger partial charge < -0.3 is 5.32 Å². The molecule has 1 saturated heterocycles. The number of hydrogen-bond acceptors (Lipinski definition) is 5. The number of non-ortho nitro benzene ring substituents is 1. The summed E-state index contributed by atoms with van der Waals surface area (Å²) in [4.78, 5) is 9.97. The Labute approximate surface area is 111 Å². The Morgan fingerprint density at radius 1 is 1.37 bits per heavy atom. The van der Waals surface area contributed by atoms with Crippen molar-refractivity contribution >= 4 is 15.7 Å². The number of hydrogen-bond donors (Lipinski definition) is 2. The number of nitro benzene ring substituents is 1. The van der Waals surface area contributed by atoms with Gasteiger partial charge in [-0.05, 0) is 31.5 Å².